The van der Waals surface area contributed by atoms with Gasteiger partial charge in [-0.25, -0.2) is 0 Å². The summed E-state index contributed by atoms with van der Waals surface area (Å²) in [5.41, 5.74) is 1.65. The minimum atomic E-state index is 0.512. The van der Waals surface area contributed by atoms with Crippen molar-refractivity contribution in [3.63, 3.8) is 0 Å². The molecule has 0 saturated carbocycles. The van der Waals surface area contributed by atoms with Crippen molar-refractivity contribution < 1.29 is 9.15 Å². The van der Waals surface area contributed by atoms with Crippen LogP contribution in [0.25, 0.3) is 11.4 Å². The molecule has 0 amide bonds. The maximum absolute atomic E-state index is 6.10. The van der Waals surface area contributed by atoms with Crippen molar-refractivity contribution in [2.45, 2.75) is 17.5 Å². The third kappa shape index (κ3) is 4.00. The van der Waals surface area contributed by atoms with E-state index in [0.29, 0.717) is 16.6 Å². The first-order valence-electron chi connectivity index (χ1n) is 7.94. The number of hydrogen-bond donors (Lipinski definition) is 0. The zero-order valence-corrected chi connectivity index (χ0v) is 16.6. The molecule has 27 heavy (non-hydrogen) atoms. The number of benzene rings is 1. The fourth-order valence-corrected chi connectivity index (χ4v) is 4.16. The zero-order chi connectivity index (χ0) is 18.6. The van der Waals surface area contributed by atoms with Crippen molar-refractivity contribution >= 4 is 34.9 Å². The van der Waals surface area contributed by atoms with Crippen molar-refractivity contribution in [1.29, 1.82) is 0 Å². The Kier molecular flexibility index (Phi) is 5.42. The summed E-state index contributed by atoms with van der Waals surface area (Å²) in [6.45, 7) is 0.512. The van der Waals surface area contributed by atoms with E-state index in [1.165, 1.54) is 23.3 Å². The average Bonchev–Trinajstić information content (AvgIpc) is 3.43. The van der Waals surface area contributed by atoms with Gasteiger partial charge in [-0.1, -0.05) is 40.0 Å². The molecule has 0 radical (unpaired) electrons. The SMILES string of the molecule is COc1cccc(-c2nnc(SCc3nnsc3Cl)n2Cc2ccco2)c1. The maximum atomic E-state index is 6.10. The molecule has 4 aromatic rings. The summed E-state index contributed by atoms with van der Waals surface area (Å²) in [6, 6.07) is 11.5. The van der Waals surface area contributed by atoms with E-state index in [2.05, 4.69) is 19.8 Å². The van der Waals surface area contributed by atoms with Crippen LogP contribution in [-0.4, -0.2) is 31.5 Å². The van der Waals surface area contributed by atoms with Crippen LogP contribution in [0, 0.1) is 0 Å². The molecule has 0 spiro atoms. The molecule has 10 heteroatoms. The second-order valence-corrected chi connectivity index (χ2v) is 7.78. The molecule has 0 saturated heterocycles. The number of hydrogen-bond acceptors (Lipinski definition) is 8. The lowest BCUT2D eigenvalue weighted by Crippen LogP contribution is -2.03. The van der Waals surface area contributed by atoms with Crippen LogP contribution in [0.4, 0.5) is 0 Å². The molecule has 0 unspecified atom stereocenters. The predicted octanol–water partition coefficient (Wildman–Crippen LogP) is 4.39. The third-order valence-corrected chi connectivity index (χ3v) is 5.75. The van der Waals surface area contributed by atoms with Crippen LogP contribution in [0.3, 0.4) is 0 Å². The topological polar surface area (TPSA) is 78.9 Å². The fraction of sp³-hybridized carbons (Fsp3) is 0.176. The Morgan fingerprint density at radius 3 is 2.89 bits per heavy atom. The highest BCUT2D eigenvalue weighted by Gasteiger charge is 2.17. The fourth-order valence-electron chi connectivity index (χ4n) is 2.49. The van der Waals surface area contributed by atoms with Gasteiger partial charge in [0.25, 0.3) is 0 Å². The summed E-state index contributed by atoms with van der Waals surface area (Å²) in [5.74, 6) is 2.86. The van der Waals surface area contributed by atoms with Gasteiger partial charge in [-0.2, -0.15) is 0 Å². The smallest absolute Gasteiger partial charge is 0.192 e. The van der Waals surface area contributed by atoms with Crippen molar-refractivity contribution in [2.75, 3.05) is 7.11 Å². The summed E-state index contributed by atoms with van der Waals surface area (Å²) >= 11 is 8.78. The lowest BCUT2D eigenvalue weighted by atomic mass is 10.2. The minimum Gasteiger partial charge on any atom is -0.497 e. The molecule has 0 N–H and O–H groups in total. The Bertz CT molecular complexity index is 1030. The van der Waals surface area contributed by atoms with Gasteiger partial charge >= 0.3 is 0 Å². The van der Waals surface area contributed by atoms with Crippen LogP contribution in [0.5, 0.6) is 5.75 Å². The normalized spacial score (nSPS) is 11.0. The maximum Gasteiger partial charge on any atom is 0.192 e. The molecular weight excluding hydrogens is 406 g/mol. The summed E-state index contributed by atoms with van der Waals surface area (Å²) in [4.78, 5) is 0. The van der Waals surface area contributed by atoms with E-state index >= 15 is 0 Å². The zero-order valence-electron chi connectivity index (χ0n) is 14.2. The van der Waals surface area contributed by atoms with Crippen LogP contribution in [0.1, 0.15) is 11.5 Å². The van der Waals surface area contributed by atoms with Crippen molar-refractivity contribution in [3.8, 4) is 17.1 Å². The highest BCUT2D eigenvalue weighted by atomic mass is 35.5. The molecule has 7 nitrogen and oxygen atoms in total. The summed E-state index contributed by atoms with van der Waals surface area (Å²) in [6.07, 6.45) is 1.65. The van der Waals surface area contributed by atoms with Crippen LogP contribution in [-0.2, 0) is 12.3 Å². The van der Waals surface area contributed by atoms with E-state index in [0.717, 1.165) is 33.7 Å². The monoisotopic (exact) mass is 419 g/mol. The van der Waals surface area contributed by atoms with Gasteiger partial charge in [0.2, 0.25) is 0 Å². The molecule has 1 aromatic carbocycles. The molecule has 3 heterocycles. The van der Waals surface area contributed by atoms with E-state index in [1.54, 1.807) is 13.4 Å². The summed E-state index contributed by atoms with van der Waals surface area (Å²) < 4.78 is 17.3. The van der Waals surface area contributed by atoms with Crippen LogP contribution < -0.4 is 4.74 Å². The van der Waals surface area contributed by atoms with E-state index < -0.39 is 0 Å². The van der Waals surface area contributed by atoms with E-state index in [9.17, 15) is 0 Å². The molecule has 0 aliphatic rings. The predicted molar refractivity (Wildman–Crippen MR) is 104 cm³/mol. The van der Waals surface area contributed by atoms with E-state index in [-0.39, 0.29) is 0 Å². The van der Waals surface area contributed by atoms with Crippen molar-refractivity contribution in [1.82, 2.24) is 24.4 Å². The molecule has 0 aliphatic heterocycles. The Morgan fingerprint density at radius 1 is 1.22 bits per heavy atom. The number of methoxy groups -OCH3 is 1. The van der Waals surface area contributed by atoms with Gasteiger partial charge in [-0.3, -0.25) is 4.57 Å². The summed E-state index contributed by atoms with van der Waals surface area (Å²) in [5, 5.41) is 13.5. The molecule has 0 fully saturated rings. The number of halogens is 1. The number of nitrogens with zero attached hydrogens (tertiary/aromatic N) is 5. The van der Waals surface area contributed by atoms with Gasteiger partial charge in [0, 0.05) is 22.8 Å². The van der Waals surface area contributed by atoms with Crippen LogP contribution in [0.2, 0.25) is 4.34 Å². The van der Waals surface area contributed by atoms with E-state index in [4.69, 9.17) is 20.8 Å². The van der Waals surface area contributed by atoms with Gasteiger partial charge in [0.1, 0.15) is 21.5 Å². The highest BCUT2D eigenvalue weighted by molar-refractivity contribution is 7.98. The molecule has 138 valence electrons. The second-order valence-electron chi connectivity index (χ2n) is 5.49. The van der Waals surface area contributed by atoms with Crippen LogP contribution >= 0.6 is 34.9 Å². The number of ether oxygens (including phenoxy) is 1. The average molecular weight is 420 g/mol. The van der Waals surface area contributed by atoms with E-state index in [1.807, 2.05) is 41.0 Å². The standard InChI is InChI=1S/C17H14ClN5O2S2/c1-24-12-5-2-4-11(8-12)16-20-21-17(23(16)9-13-6-3-7-25-13)26-10-14-15(18)27-22-19-14/h2-8H,9-10H2,1H3. The Hall–Kier alpha value is -2.36. The van der Waals surface area contributed by atoms with Gasteiger partial charge < -0.3 is 9.15 Å². The van der Waals surface area contributed by atoms with Gasteiger partial charge in [-0.15, -0.1) is 15.3 Å². The van der Waals surface area contributed by atoms with Gasteiger partial charge in [0.05, 0.1) is 19.9 Å². The number of thioether (sulfide) groups is 1. The molecule has 4 rings (SSSR count). The Morgan fingerprint density at radius 2 is 2.15 bits per heavy atom. The Labute approximate surface area is 168 Å². The Balaban J connectivity index is 1.68. The summed E-state index contributed by atoms with van der Waals surface area (Å²) in [7, 11) is 1.64. The molecule has 3 aromatic heterocycles. The first kappa shape index (κ1) is 18.0. The van der Waals surface area contributed by atoms with Crippen LogP contribution in [0.15, 0.2) is 52.2 Å². The molecular formula is C17H14ClN5O2S2. The van der Waals surface area contributed by atoms with Gasteiger partial charge in [0.15, 0.2) is 11.0 Å². The first-order chi connectivity index (χ1) is 13.2. The third-order valence-electron chi connectivity index (χ3n) is 3.79. The second kappa shape index (κ2) is 8.12. The number of aromatic nitrogens is 5. The lowest BCUT2D eigenvalue weighted by molar-refractivity contribution is 0.415. The molecule has 0 bridgehead atoms. The first-order valence-corrected chi connectivity index (χ1v) is 10.1. The number of rotatable bonds is 7. The molecule has 0 atom stereocenters. The largest absolute Gasteiger partial charge is 0.497 e. The minimum absolute atomic E-state index is 0.512. The molecule has 0 aliphatic carbocycles. The van der Waals surface area contributed by atoms with Gasteiger partial charge in [-0.05, 0) is 24.3 Å². The highest BCUT2D eigenvalue weighted by Crippen LogP contribution is 2.30. The lowest BCUT2D eigenvalue weighted by Gasteiger charge is -2.09. The quantitative estimate of drug-likeness (QED) is 0.411. The van der Waals surface area contributed by atoms with Crippen molar-refractivity contribution in [3.05, 3.63) is 58.5 Å². The number of furan rings is 1. The van der Waals surface area contributed by atoms with Crippen molar-refractivity contribution in [2.24, 2.45) is 0 Å².